The summed E-state index contributed by atoms with van der Waals surface area (Å²) in [4.78, 5) is 13.2. The molecule has 0 spiro atoms. The van der Waals surface area contributed by atoms with Crippen LogP contribution >= 0.6 is 0 Å². The van der Waals surface area contributed by atoms with Crippen molar-refractivity contribution in [2.45, 2.75) is 44.2 Å². The van der Waals surface area contributed by atoms with Crippen molar-refractivity contribution in [3.63, 3.8) is 0 Å². The summed E-state index contributed by atoms with van der Waals surface area (Å²) in [6, 6.07) is 0.577. The van der Waals surface area contributed by atoms with Crippen molar-refractivity contribution in [2.75, 3.05) is 6.54 Å². The second kappa shape index (κ2) is 2.46. The second-order valence-corrected chi connectivity index (χ2v) is 4.11. The van der Waals surface area contributed by atoms with Gasteiger partial charge < -0.3 is 5.11 Å². The molecule has 3 heteroatoms. The summed E-state index contributed by atoms with van der Waals surface area (Å²) in [5.41, 5.74) is -0.554. The molecular weight excluding hydrogens is 154 g/mol. The predicted octanol–water partition coefficient (Wildman–Crippen LogP) is 1.09. The lowest BCUT2D eigenvalue weighted by Gasteiger charge is -2.30. The van der Waals surface area contributed by atoms with E-state index in [1.165, 1.54) is 12.8 Å². The first kappa shape index (κ1) is 8.05. The van der Waals surface area contributed by atoms with Crippen LogP contribution in [0.2, 0.25) is 0 Å². The van der Waals surface area contributed by atoms with Gasteiger partial charge in [-0.1, -0.05) is 0 Å². The van der Waals surface area contributed by atoms with Crippen LogP contribution in [0.4, 0.5) is 0 Å². The van der Waals surface area contributed by atoms with Gasteiger partial charge in [0.1, 0.15) is 5.54 Å². The van der Waals surface area contributed by atoms with Crippen molar-refractivity contribution in [3.8, 4) is 0 Å². The van der Waals surface area contributed by atoms with Crippen molar-refractivity contribution < 1.29 is 9.90 Å². The van der Waals surface area contributed by atoms with E-state index in [0.29, 0.717) is 6.04 Å². The minimum Gasteiger partial charge on any atom is -0.480 e. The first-order chi connectivity index (χ1) is 5.64. The van der Waals surface area contributed by atoms with E-state index < -0.39 is 11.5 Å². The molecule has 1 saturated heterocycles. The molecule has 1 unspecified atom stereocenters. The fraction of sp³-hybridized carbons (Fsp3) is 0.889. The van der Waals surface area contributed by atoms with Gasteiger partial charge in [-0.15, -0.1) is 0 Å². The van der Waals surface area contributed by atoms with Crippen molar-refractivity contribution in [1.29, 1.82) is 0 Å². The summed E-state index contributed by atoms with van der Waals surface area (Å²) in [7, 11) is 0. The highest BCUT2D eigenvalue weighted by atomic mass is 16.4. The van der Waals surface area contributed by atoms with Gasteiger partial charge in [-0.25, -0.2) is 0 Å². The van der Waals surface area contributed by atoms with Gasteiger partial charge in [0, 0.05) is 6.04 Å². The fourth-order valence-electron chi connectivity index (χ4n) is 2.19. The van der Waals surface area contributed by atoms with E-state index in [0.717, 1.165) is 19.4 Å². The van der Waals surface area contributed by atoms with Gasteiger partial charge >= 0.3 is 5.97 Å². The number of likely N-dealkylation sites (tertiary alicyclic amines) is 1. The Kier molecular flexibility index (Phi) is 1.65. The Hall–Kier alpha value is -0.570. The quantitative estimate of drug-likeness (QED) is 0.672. The molecule has 2 aliphatic rings. The van der Waals surface area contributed by atoms with Gasteiger partial charge in [-0.05, 0) is 39.2 Å². The molecule has 1 saturated carbocycles. The van der Waals surface area contributed by atoms with Crippen LogP contribution in [0.1, 0.15) is 32.6 Å². The normalized spacial score (nSPS) is 37.1. The molecule has 68 valence electrons. The van der Waals surface area contributed by atoms with Crippen LogP contribution in [-0.2, 0) is 4.79 Å². The van der Waals surface area contributed by atoms with Crippen LogP contribution < -0.4 is 0 Å². The number of nitrogens with zero attached hydrogens (tertiary/aromatic N) is 1. The first-order valence-electron chi connectivity index (χ1n) is 4.65. The Morgan fingerprint density at radius 1 is 1.58 bits per heavy atom. The van der Waals surface area contributed by atoms with E-state index in [-0.39, 0.29) is 0 Å². The molecular formula is C9H15NO2. The van der Waals surface area contributed by atoms with Gasteiger partial charge in [0.2, 0.25) is 0 Å². The van der Waals surface area contributed by atoms with Crippen molar-refractivity contribution in [2.24, 2.45) is 0 Å². The number of hydrogen-bond donors (Lipinski definition) is 1. The summed E-state index contributed by atoms with van der Waals surface area (Å²) in [5, 5.41) is 9.08. The maximum atomic E-state index is 11.0. The fourth-order valence-corrected chi connectivity index (χ4v) is 2.19. The SMILES string of the molecule is CC1(C(=O)O)CCCN1C1CC1. The standard InChI is InChI=1S/C9H15NO2/c1-9(8(11)12)5-2-6-10(9)7-3-4-7/h7H,2-6H2,1H3,(H,11,12). The Morgan fingerprint density at radius 2 is 2.25 bits per heavy atom. The van der Waals surface area contributed by atoms with E-state index in [1.807, 2.05) is 6.92 Å². The average molecular weight is 169 g/mol. The Morgan fingerprint density at radius 3 is 2.75 bits per heavy atom. The smallest absolute Gasteiger partial charge is 0.323 e. The van der Waals surface area contributed by atoms with E-state index >= 15 is 0 Å². The maximum absolute atomic E-state index is 11.0. The molecule has 1 aliphatic heterocycles. The summed E-state index contributed by atoms with van der Waals surface area (Å²) in [6.07, 6.45) is 4.25. The second-order valence-electron chi connectivity index (χ2n) is 4.11. The monoisotopic (exact) mass is 169 g/mol. The van der Waals surface area contributed by atoms with Crippen molar-refractivity contribution >= 4 is 5.97 Å². The highest BCUT2D eigenvalue weighted by molar-refractivity contribution is 5.78. The summed E-state index contributed by atoms with van der Waals surface area (Å²) in [6.45, 7) is 2.84. The van der Waals surface area contributed by atoms with Crippen molar-refractivity contribution in [3.05, 3.63) is 0 Å². The van der Waals surface area contributed by atoms with Gasteiger partial charge in [0.25, 0.3) is 0 Å². The van der Waals surface area contributed by atoms with Crippen LogP contribution in [-0.4, -0.2) is 34.1 Å². The summed E-state index contributed by atoms with van der Waals surface area (Å²) < 4.78 is 0. The third-order valence-corrected chi connectivity index (χ3v) is 3.14. The molecule has 1 atom stereocenters. The van der Waals surface area contributed by atoms with Crippen molar-refractivity contribution in [1.82, 2.24) is 4.90 Å². The molecule has 0 aromatic carbocycles. The van der Waals surface area contributed by atoms with E-state index in [2.05, 4.69) is 4.90 Å². The number of carbonyl (C=O) groups is 1. The molecule has 0 amide bonds. The third-order valence-electron chi connectivity index (χ3n) is 3.14. The Labute approximate surface area is 72.4 Å². The highest BCUT2D eigenvalue weighted by Crippen LogP contribution is 2.39. The lowest BCUT2D eigenvalue weighted by molar-refractivity contribution is -0.148. The Balaban J connectivity index is 2.16. The zero-order chi connectivity index (χ0) is 8.77. The Bertz CT molecular complexity index is 213. The van der Waals surface area contributed by atoms with Crippen LogP contribution in [0.5, 0.6) is 0 Å². The van der Waals surface area contributed by atoms with Gasteiger partial charge in [-0.2, -0.15) is 0 Å². The highest BCUT2D eigenvalue weighted by Gasteiger charge is 2.49. The number of carboxylic acids is 1. The predicted molar refractivity (Wildman–Crippen MR) is 45.0 cm³/mol. The van der Waals surface area contributed by atoms with E-state index in [1.54, 1.807) is 0 Å². The number of hydrogen-bond acceptors (Lipinski definition) is 2. The lowest BCUT2D eigenvalue weighted by atomic mass is 9.99. The largest absolute Gasteiger partial charge is 0.480 e. The number of aliphatic carboxylic acids is 1. The van der Waals surface area contributed by atoms with Gasteiger partial charge in [-0.3, -0.25) is 9.69 Å². The van der Waals surface area contributed by atoms with Crippen LogP contribution in [0.15, 0.2) is 0 Å². The molecule has 2 rings (SSSR count). The van der Waals surface area contributed by atoms with Gasteiger partial charge in [0.05, 0.1) is 0 Å². The zero-order valence-electron chi connectivity index (χ0n) is 7.42. The van der Waals surface area contributed by atoms with Gasteiger partial charge in [0.15, 0.2) is 0 Å². The maximum Gasteiger partial charge on any atom is 0.323 e. The number of rotatable bonds is 2. The molecule has 1 N–H and O–H groups in total. The zero-order valence-corrected chi connectivity index (χ0v) is 7.42. The molecule has 1 aliphatic carbocycles. The molecule has 3 nitrogen and oxygen atoms in total. The van der Waals surface area contributed by atoms with Crippen LogP contribution in [0.25, 0.3) is 0 Å². The number of carboxylic acid groups (broad SMARTS) is 1. The van der Waals surface area contributed by atoms with Crippen LogP contribution in [0.3, 0.4) is 0 Å². The lowest BCUT2D eigenvalue weighted by Crippen LogP contribution is -2.48. The minimum atomic E-state index is -0.646. The summed E-state index contributed by atoms with van der Waals surface area (Å²) >= 11 is 0. The topological polar surface area (TPSA) is 40.5 Å². The first-order valence-corrected chi connectivity index (χ1v) is 4.65. The van der Waals surface area contributed by atoms with E-state index in [9.17, 15) is 4.79 Å². The van der Waals surface area contributed by atoms with Crippen LogP contribution in [0, 0.1) is 0 Å². The molecule has 1 heterocycles. The average Bonchev–Trinajstić information content (AvgIpc) is 2.76. The third kappa shape index (κ3) is 1.04. The van der Waals surface area contributed by atoms with E-state index in [4.69, 9.17) is 5.11 Å². The molecule has 2 fully saturated rings. The molecule has 0 bridgehead atoms. The molecule has 12 heavy (non-hydrogen) atoms. The summed E-state index contributed by atoms with van der Waals surface area (Å²) in [5.74, 6) is -0.646. The molecule has 0 radical (unpaired) electrons. The molecule has 0 aromatic rings. The minimum absolute atomic E-state index is 0.554. The molecule has 0 aromatic heterocycles.